The van der Waals surface area contributed by atoms with E-state index < -0.39 is 12.1 Å². The zero-order valence-electron chi connectivity index (χ0n) is 12.0. The maximum absolute atomic E-state index is 12.4. The van der Waals surface area contributed by atoms with Gasteiger partial charge in [-0.1, -0.05) is 18.2 Å². The summed E-state index contributed by atoms with van der Waals surface area (Å²) in [5.74, 6) is -0.995. The van der Waals surface area contributed by atoms with Gasteiger partial charge in [-0.25, -0.2) is 0 Å². The lowest BCUT2D eigenvalue weighted by Gasteiger charge is -2.32. The topological polar surface area (TPSA) is 84.7 Å². The smallest absolute Gasteiger partial charge is 0.306 e. The van der Waals surface area contributed by atoms with E-state index in [1.807, 2.05) is 24.3 Å². The number of carbonyl (C=O) groups is 2. The maximum Gasteiger partial charge on any atom is 0.306 e. The number of carbonyl (C=O) groups excluding carboxylic acids is 1. The van der Waals surface area contributed by atoms with Crippen molar-refractivity contribution >= 4 is 22.8 Å². The molecule has 3 rings (SSSR count). The van der Waals surface area contributed by atoms with Crippen LogP contribution in [0.15, 0.2) is 30.5 Å². The molecule has 2 heterocycles. The first-order valence-electron chi connectivity index (χ1n) is 7.15. The van der Waals surface area contributed by atoms with Gasteiger partial charge >= 0.3 is 5.97 Å². The van der Waals surface area contributed by atoms with Crippen LogP contribution in [0.1, 0.15) is 6.42 Å². The Morgan fingerprint density at radius 1 is 1.36 bits per heavy atom. The van der Waals surface area contributed by atoms with E-state index >= 15 is 0 Å². The summed E-state index contributed by atoms with van der Waals surface area (Å²) in [6.07, 6.45) is 1.20. The molecule has 1 aliphatic heterocycles. The second-order valence-electron chi connectivity index (χ2n) is 5.29. The van der Waals surface area contributed by atoms with Crippen molar-refractivity contribution in [1.82, 2.24) is 14.7 Å². The van der Waals surface area contributed by atoms with E-state index in [0.717, 1.165) is 10.9 Å². The standard InChI is InChI=1S/C15H17N3O4/c19-14(17-5-6-22-12(9-17)7-15(20)21)10-18-13-4-2-1-3-11(13)8-16-18/h1-4,8,12H,5-7,9-10H2,(H,20,21)/t12-/m1/s1. The molecular weight excluding hydrogens is 286 g/mol. The van der Waals surface area contributed by atoms with Crippen LogP contribution in [0, 0.1) is 0 Å². The van der Waals surface area contributed by atoms with Crippen LogP contribution < -0.4 is 0 Å². The van der Waals surface area contributed by atoms with E-state index in [2.05, 4.69) is 5.10 Å². The van der Waals surface area contributed by atoms with Gasteiger partial charge < -0.3 is 14.7 Å². The van der Waals surface area contributed by atoms with Gasteiger partial charge in [0.05, 0.1) is 30.8 Å². The Balaban J connectivity index is 1.67. The highest BCUT2D eigenvalue weighted by molar-refractivity contribution is 5.82. The largest absolute Gasteiger partial charge is 0.481 e. The van der Waals surface area contributed by atoms with Gasteiger partial charge in [-0.05, 0) is 6.07 Å². The Bertz CT molecular complexity index is 697. The predicted octanol–water partition coefficient (Wildman–Crippen LogP) is 0.738. The summed E-state index contributed by atoms with van der Waals surface area (Å²) >= 11 is 0. The van der Waals surface area contributed by atoms with Crippen LogP contribution in [-0.4, -0.2) is 57.5 Å². The highest BCUT2D eigenvalue weighted by Crippen LogP contribution is 2.14. The van der Waals surface area contributed by atoms with Crippen molar-refractivity contribution in [2.24, 2.45) is 0 Å². The molecule has 0 aliphatic carbocycles. The molecule has 0 radical (unpaired) electrons. The number of para-hydroxylation sites is 1. The van der Waals surface area contributed by atoms with E-state index in [9.17, 15) is 9.59 Å². The van der Waals surface area contributed by atoms with Crippen LogP contribution in [0.2, 0.25) is 0 Å². The van der Waals surface area contributed by atoms with Crippen molar-refractivity contribution < 1.29 is 19.4 Å². The maximum atomic E-state index is 12.4. The number of aliphatic carboxylic acids is 1. The Hall–Kier alpha value is -2.41. The van der Waals surface area contributed by atoms with E-state index in [0.29, 0.717) is 19.7 Å². The average molecular weight is 303 g/mol. The molecule has 0 saturated carbocycles. The summed E-state index contributed by atoms with van der Waals surface area (Å²) in [5, 5.41) is 14.0. The minimum atomic E-state index is -0.919. The molecular formula is C15H17N3O4. The molecule has 1 saturated heterocycles. The Labute approximate surface area is 127 Å². The SMILES string of the molecule is O=C(O)C[C@@H]1CN(C(=O)Cn2ncc3ccccc32)CCO1. The first-order chi connectivity index (χ1) is 10.6. The molecule has 1 N–H and O–H groups in total. The third-order valence-electron chi connectivity index (χ3n) is 3.73. The average Bonchev–Trinajstić information content (AvgIpc) is 2.90. The van der Waals surface area contributed by atoms with Gasteiger partial charge in [-0.2, -0.15) is 5.10 Å². The Morgan fingerprint density at radius 2 is 2.18 bits per heavy atom. The lowest BCUT2D eigenvalue weighted by Crippen LogP contribution is -2.47. The normalized spacial score (nSPS) is 18.5. The molecule has 2 aromatic rings. The van der Waals surface area contributed by atoms with Crippen molar-refractivity contribution in [2.45, 2.75) is 19.1 Å². The highest BCUT2D eigenvalue weighted by atomic mass is 16.5. The monoisotopic (exact) mass is 303 g/mol. The Kier molecular flexibility index (Phi) is 4.06. The minimum Gasteiger partial charge on any atom is -0.481 e. The number of hydrogen-bond acceptors (Lipinski definition) is 4. The number of rotatable bonds is 4. The van der Waals surface area contributed by atoms with Crippen LogP contribution in [0.3, 0.4) is 0 Å². The van der Waals surface area contributed by atoms with Crippen molar-refractivity contribution in [3.8, 4) is 0 Å². The number of amides is 1. The lowest BCUT2D eigenvalue weighted by atomic mass is 10.2. The second kappa shape index (κ2) is 6.15. The van der Waals surface area contributed by atoms with Crippen LogP contribution >= 0.6 is 0 Å². The number of morpholine rings is 1. The quantitative estimate of drug-likeness (QED) is 0.900. The van der Waals surface area contributed by atoms with E-state index in [-0.39, 0.29) is 18.9 Å². The number of carboxylic acid groups (broad SMARTS) is 1. The molecule has 7 nitrogen and oxygen atoms in total. The zero-order chi connectivity index (χ0) is 15.5. The summed E-state index contributed by atoms with van der Waals surface area (Å²) < 4.78 is 7.04. The molecule has 1 amide bonds. The molecule has 0 spiro atoms. The van der Waals surface area contributed by atoms with Gasteiger partial charge in [0.1, 0.15) is 6.54 Å². The van der Waals surface area contributed by atoms with Crippen molar-refractivity contribution in [1.29, 1.82) is 0 Å². The number of aromatic nitrogens is 2. The summed E-state index contributed by atoms with van der Waals surface area (Å²) in [6.45, 7) is 1.30. The number of fused-ring (bicyclic) bond motifs is 1. The van der Waals surface area contributed by atoms with Gasteiger partial charge in [-0.3, -0.25) is 14.3 Å². The highest BCUT2D eigenvalue weighted by Gasteiger charge is 2.26. The number of benzene rings is 1. The van der Waals surface area contributed by atoms with E-state index in [1.54, 1.807) is 15.8 Å². The van der Waals surface area contributed by atoms with Crippen LogP contribution in [0.5, 0.6) is 0 Å². The molecule has 1 aliphatic rings. The number of hydrogen-bond donors (Lipinski definition) is 1. The van der Waals surface area contributed by atoms with E-state index in [1.165, 1.54) is 0 Å². The fourth-order valence-corrected chi connectivity index (χ4v) is 2.64. The molecule has 1 fully saturated rings. The first kappa shape index (κ1) is 14.5. The van der Waals surface area contributed by atoms with Crippen molar-refractivity contribution in [3.05, 3.63) is 30.5 Å². The Morgan fingerprint density at radius 3 is 3.00 bits per heavy atom. The number of carboxylic acids is 1. The van der Waals surface area contributed by atoms with Crippen molar-refractivity contribution in [2.75, 3.05) is 19.7 Å². The van der Waals surface area contributed by atoms with Crippen molar-refractivity contribution in [3.63, 3.8) is 0 Å². The summed E-state index contributed by atoms with van der Waals surface area (Å²) in [5.41, 5.74) is 0.909. The van der Waals surface area contributed by atoms with Gasteiger partial charge in [0, 0.05) is 18.5 Å². The fourth-order valence-electron chi connectivity index (χ4n) is 2.64. The van der Waals surface area contributed by atoms with E-state index in [4.69, 9.17) is 9.84 Å². The molecule has 1 aromatic carbocycles. The summed E-state index contributed by atoms with van der Waals surface area (Å²) in [7, 11) is 0. The molecule has 0 bridgehead atoms. The van der Waals surface area contributed by atoms with Crippen LogP contribution in [0.4, 0.5) is 0 Å². The van der Waals surface area contributed by atoms with Gasteiger partial charge in [0.2, 0.25) is 5.91 Å². The summed E-state index contributed by atoms with van der Waals surface area (Å²) in [4.78, 5) is 24.8. The number of ether oxygens (including phenoxy) is 1. The molecule has 116 valence electrons. The second-order valence-corrected chi connectivity index (χ2v) is 5.29. The third kappa shape index (κ3) is 3.09. The molecule has 1 atom stereocenters. The summed E-state index contributed by atoms with van der Waals surface area (Å²) in [6, 6.07) is 7.69. The molecule has 1 aromatic heterocycles. The first-order valence-corrected chi connectivity index (χ1v) is 7.15. The molecule has 7 heteroatoms. The van der Waals surface area contributed by atoms with Gasteiger partial charge in [-0.15, -0.1) is 0 Å². The van der Waals surface area contributed by atoms with Gasteiger partial charge in [0.15, 0.2) is 0 Å². The minimum absolute atomic E-state index is 0.0764. The number of nitrogens with zero attached hydrogens (tertiary/aromatic N) is 3. The van der Waals surface area contributed by atoms with Gasteiger partial charge in [0.25, 0.3) is 0 Å². The lowest BCUT2D eigenvalue weighted by molar-refractivity contribution is -0.148. The molecule has 0 unspecified atom stereocenters. The van der Waals surface area contributed by atoms with Crippen LogP contribution in [-0.2, 0) is 20.9 Å². The van der Waals surface area contributed by atoms with Crippen LogP contribution in [0.25, 0.3) is 10.9 Å². The zero-order valence-corrected chi connectivity index (χ0v) is 12.0. The third-order valence-corrected chi connectivity index (χ3v) is 3.73. The predicted molar refractivity (Wildman–Crippen MR) is 78.3 cm³/mol. The fraction of sp³-hybridized carbons (Fsp3) is 0.400. The molecule has 22 heavy (non-hydrogen) atoms.